The molecule has 0 aromatic heterocycles. The average Bonchev–Trinajstić information content (AvgIpc) is 2.75. The largest absolute Gasteiger partial charge is 0.356 e. The van der Waals surface area contributed by atoms with Gasteiger partial charge in [0.2, 0.25) is 11.8 Å². The fraction of sp³-hybridized carbons (Fsp3) is 0.429. The Morgan fingerprint density at radius 3 is 2.89 bits per heavy atom. The molecule has 2 amide bonds. The molecule has 1 aliphatic heterocycles. The summed E-state index contributed by atoms with van der Waals surface area (Å²) in [7, 11) is 0. The molecule has 1 aromatic rings. The summed E-state index contributed by atoms with van der Waals surface area (Å²) >= 11 is 3.44. The zero-order valence-electron chi connectivity index (χ0n) is 11.1. The van der Waals surface area contributed by atoms with Gasteiger partial charge < -0.3 is 10.2 Å². The van der Waals surface area contributed by atoms with Crippen molar-refractivity contribution in [2.45, 2.75) is 20.3 Å². The first-order valence-electron chi connectivity index (χ1n) is 6.37. The van der Waals surface area contributed by atoms with Crippen LogP contribution < -0.4 is 10.2 Å². The SMILES string of the molecule is CCNC(=O)[C@@H]1CC(=O)N(c2ccc(Br)c(C)c2)C1. The number of amides is 2. The lowest BCUT2D eigenvalue weighted by Gasteiger charge is -2.17. The van der Waals surface area contributed by atoms with Crippen molar-refractivity contribution in [1.29, 1.82) is 0 Å². The summed E-state index contributed by atoms with van der Waals surface area (Å²) in [4.78, 5) is 25.5. The number of carbonyl (C=O) groups excluding carboxylic acids is 2. The van der Waals surface area contributed by atoms with E-state index in [0.29, 0.717) is 19.5 Å². The Kier molecular flexibility index (Phi) is 4.24. The molecule has 1 atom stereocenters. The highest BCUT2D eigenvalue weighted by Crippen LogP contribution is 2.28. The van der Waals surface area contributed by atoms with Gasteiger partial charge in [0.1, 0.15) is 0 Å². The Morgan fingerprint density at radius 2 is 2.26 bits per heavy atom. The number of carbonyl (C=O) groups is 2. The zero-order chi connectivity index (χ0) is 14.0. The number of nitrogens with zero attached hydrogens (tertiary/aromatic N) is 1. The minimum Gasteiger partial charge on any atom is -0.356 e. The lowest BCUT2D eigenvalue weighted by Crippen LogP contribution is -2.32. The second-order valence-corrected chi connectivity index (χ2v) is 5.59. The summed E-state index contributed by atoms with van der Waals surface area (Å²) in [5, 5.41) is 2.78. The summed E-state index contributed by atoms with van der Waals surface area (Å²) in [6, 6.07) is 5.79. The van der Waals surface area contributed by atoms with Crippen LogP contribution in [0.3, 0.4) is 0 Å². The quantitative estimate of drug-likeness (QED) is 0.927. The lowest BCUT2D eigenvalue weighted by atomic mass is 10.1. The molecule has 1 saturated heterocycles. The maximum absolute atomic E-state index is 12.0. The zero-order valence-corrected chi connectivity index (χ0v) is 12.7. The fourth-order valence-corrected chi connectivity index (χ4v) is 2.49. The fourth-order valence-electron chi connectivity index (χ4n) is 2.25. The molecule has 0 aliphatic carbocycles. The van der Waals surface area contributed by atoms with Crippen LogP contribution in [0.15, 0.2) is 22.7 Å². The topological polar surface area (TPSA) is 49.4 Å². The Bertz CT molecular complexity index is 516. The Labute approximate surface area is 121 Å². The third-order valence-corrected chi connectivity index (χ3v) is 4.19. The van der Waals surface area contributed by atoms with Crippen molar-refractivity contribution >= 4 is 33.4 Å². The molecule has 5 heteroatoms. The third kappa shape index (κ3) is 2.97. The number of halogens is 1. The third-order valence-electron chi connectivity index (χ3n) is 3.30. The van der Waals surface area contributed by atoms with E-state index >= 15 is 0 Å². The van der Waals surface area contributed by atoms with Crippen LogP contribution in [0.5, 0.6) is 0 Å². The van der Waals surface area contributed by atoms with Gasteiger partial charge in [-0.2, -0.15) is 0 Å². The van der Waals surface area contributed by atoms with E-state index in [0.717, 1.165) is 15.7 Å². The van der Waals surface area contributed by atoms with E-state index in [9.17, 15) is 9.59 Å². The van der Waals surface area contributed by atoms with Crippen molar-refractivity contribution in [2.75, 3.05) is 18.0 Å². The first-order valence-corrected chi connectivity index (χ1v) is 7.16. The van der Waals surface area contributed by atoms with Crippen LogP contribution in [0.4, 0.5) is 5.69 Å². The predicted molar refractivity (Wildman–Crippen MR) is 78.0 cm³/mol. The minimum atomic E-state index is -0.239. The highest BCUT2D eigenvalue weighted by molar-refractivity contribution is 9.10. The molecule has 0 radical (unpaired) electrons. The van der Waals surface area contributed by atoms with Gasteiger partial charge in [0.05, 0.1) is 5.92 Å². The van der Waals surface area contributed by atoms with Gasteiger partial charge >= 0.3 is 0 Å². The van der Waals surface area contributed by atoms with Crippen molar-refractivity contribution in [3.63, 3.8) is 0 Å². The van der Waals surface area contributed by atoms with Crippen LogP contribution >= 0.6 is 15.9 Å². The monoisotopic (exact) mass is 324 g/mol. The molecule has 0 spiro atoms. The number of aryl methyl sites for hydroxylation is 1. The maximum atomic E-state index is 12.0. The number of benzene rings is 1. The molecule has 1 aromatic carbocycles. The van der Waals surface area contributed by atoms with Gasteiger partial charge in [-0.3, -0.25) is 9.59 Å². The van der Waals surface area contributed by atoms with Crippen LogP contribution in [0.25, 0.3) is 0 Å². The molecule has 0 bridgehead atoms. The molecule has 0 unspecified atom stereocenters. The highest BCUT2D eigenvalue weighted by atomic mass is 79.9. The summed E-state index contributed by atoms with van der Waals surface area (Å²) < 4.78 is 1.02. The smallest absolute Gasteiger partial charge is 0.227 e. The Balaban J connectivity index is 2.15. The van der Waals surface area contributed by atoms with Crippen LogP contribution in [-0.4, -0.2) is 24.9 Å². The van der Waals surface area contributed by atoms with Gasteiger partial charge in [-0.25, -0.2) is 0 Å². The minimum absolute atomic E-state index is 0.0120. The average molecular weight is 325 g/mol. The van der Waals surface area contributed by atoms with E-state index in [-0.39, 0.29) is 17.7 Å². The van der Waals surface area contributed by atoms with E-state index in [1.54, 1.807) is 4.90 Å². The summed E-state index contributed by atoms with van der Waals surface area (Å²) in [6.07, 6.45) is 0.293. The highest BCUT2D eigenvalue weighted by Gasteiger charge is 2.34. The molecule has 0 saturated carbocycles. The van der Waals surface area contributed by atoms with Crippen molar-refractivity contribution in [3.05, 3.63) is 28.2 Å². The molecular formula is C14H17BrN2O2. The molecule has 102 valence electrons. The maximum Gasteiger partial charge on any atom is 0.227 e. The van der Waals surface area contributed by atoms with Crippen molar-refractivity contribution in [1.82, 2.24) is 5.32 Å². The second kappa shape index (κ2) is 5.74. The van der Waals surface area contributed by atoms with Crippen molar-refractivity contribution in [2.24, 2.45) is 5.92 Å². The van der Waals surface area contributed by atoms with E-state index in [4.69, 9.17) is 0 Å². The van der Waals surface area contributed by atoms with E-state index in [2.05, 4.69) is 21.2 Å². The van der Waals surface area contributed by atoms with Crippen molar-refractivity contribution in [3.8, 4) is 0 Å². The van der Waals surface area contributed by atoms with Crippen LogP contribution in [0.2, 0.25) is 0 Å². The van der Waals surface area contributed by atoms with Crippen molar-refractivity contribution < 1.29 is 9.59 Å². The summed E-state index contributed by atoms with van der Waals surface area (Å²) in [5.41, 5.74) is 1.93. The first-order chi connectivity index (χ1) is 9.02. The molecule has 1 N–H and O–H groups in total. The standard InChI is InChI=1S/C14H17BrN2O2/c1-3-16-14(19)10-7-13(18)17(8-10)11-4-5-12(15)9(2)6-11/h4-6,10H,3,7-8H2,1-2H3,(H,16,19)/t10-/m1/s1. The Hall–Kier alpha value is -1.36. The van der Waals surface area contributed by atoms with Gasteiger partial charge in [0, 0.05) is 29.7 Å². The number of nitrogens with one attached hydrogen (secondary N) is 1. The molecule has 19 heavy (non-hydrogen) atoms. The van der Waals surface area contributed by atoms with Gasteiger partial charge in [0.25, 0.3) is 0 Å². The van der Waals surface area contributed by atoms with E-state index < -0.39 is 0 Å². The lowest BCUT2D eigenvalue weighted by molar-refractivity contribution is -0.126. The Morgan fingerprint density at radius 1 is 1.53 bits per heavy atom. The number of rotatable bonds is 3. The van der Waals surface area contributed by atoms with Crippen LogP contribution in [-0.2, 0) is 9.59 Å². The molecule has 1 heterocycles. The predicted octanol–water partition coefficient (Wildman–Crippen LogP) is 2.25. The van der Waals surface area contributed by atoms with Gasteiger partial charge in [-0.05, 0) is 37.6 Å². The normalized spacial score (nSPS) is 18.8. The van der Waals surface area contributed by atoms with E-state index in [1.807, 2.05) is 32.0 Å². The van der Waals surface area contributed by atoms with Gasteiger partial charge in [-0.1, -0.05) is 15.9 Å². The molecule has 1 aliphatic rings. The summed E-state index contributed by atoms with van der Waals surface area (Å²) in [6.45, 7) is 4.92. The number of hydrogen-bond donors (Lipinski definition) is 1. The van der Waals surface area contributed by atoms with Gasteiger partial charge in [0.15, 0.2) is 0 Å². The van der Waals surface area contributed by atoms with Gasteiger partial charge in [-0.15, -0.1) is 0 Å². The molecule has 4 nitrogen and oxygen atoms in total. The van der Waals surface area contributed by atoms with Crippen LogP contribution in [0, 0.1) is 12.8 Å². The molecule has 2 rings (SSSR count). The molecular weight excluding hydrogens is 308 g/mol. The number of hydrogen-bond acceptors (Lipinski definition) is 2. The molecule has 1 fully saturated rings. The van der Waals surface area contributed by atoms with E-state index in [1.165, 1.54) is 0 Å². The number of anilines is 1. The van der Waals surface area contributed by atoms with Crippen LogP contribution in [0.1, 0.15) is 18.9 Å². The first kappa shape index (κ1) is 14.1. The second-order valence-electron chi connectivity index (χ2n) is 4.73. The summed E-state index contributed by atoms with van der Waals surface area (Å²) in [5.74, 6) is -0.262.